The molecule has 0 radical (unpaired) electrons. The Morgan fingerprint density at radius 3 is 3.04 bits per heavy atom. The summed E-state index contributed by atoms with van der Waals surface area (Å²) in [5, 5.41) is 7.26. The van der Waals surface area contributed by atoms with E-state index in [1.807, 2.05) is 0 Å². The summed E-state index contributed by atoms with van der Waals surface area (Å²) in [4.78, 5) is 23.2. The molecule has 1 N–H and O–H groups in total. The number of fused-ring (bicyclic) bond motifs is 1. The second kappa shape index (κ2) is 6.21. The second-order valence-electron chi connectivity index (χ2n) is 5.97. The number of benzene rings is 1. The van der Waals surface area contributed by atoms with Gasteiger partial charge in [0.1, 0.15) is 18.0 Å². The third kappa shape index (κ3) is 2.74. The molecule has 1 aromatic carbocycles. The van der Waals surface area contributed by atoms with E-state index < -0.39 is 5.82 Å². The van der Waals surface area contributed by atoms with E-state index in [9.17, 15) is 9.18 Å². The number of amides is 1. The number of aromatic nitrogens is 4. The number of nitrogens with zero attached hydrogens (tertiary/aromatic N) is 4. The van der Waals surface area contributed by atoms with Crippen LogP contribution in [0.2, 0.25) is 0 Å². The smallest absolute Gasteiger partial charge is 0.256 e. The van der Waals surface area contributed by atoms with E-state index in [2.05, 4.69) is 20.2 Å². The zero-order chi connectivity index (χ0) is 17.4. The second-order valence-corrected chi connectivity index (χ2v) is 5.97. The maximum absolute atomic E-state index is 14.0. The quantitative estimate of drug-likeness (QED) is 0.789. The highest BCUT2D eigenvalue weighted by molar-refractivity contribution is 6.05. The van der Waals surface area contributed by atoms with Crippen LogP contribution in [0.3, 0.4) is 0 Å². The predicted molar refractivity (Wildman–Crippen MR) is 87.3 cm³/mol. The van der Waals surface area contributed by atoms with E-state index in [0.717, 1.165) is 0 Å². The SMILES string of the molecule is CO[C@@H]1C[C@@H](c2ncn[nH]2)N(C(=O)c2cc(F)cc3cccnc23)C1. The lowest BCUT2D eigenvalue weighted by molar-refractivity contribution is 0.0685. The Bertz CT molecular complexity index is 915. The van der Waals surface area contributed by atoms with Crippen LogP contribution in [0.25, 0.3) is 10.9 Å². The van der Waals surface area contributed by atoms with Crippen molar-refractivity contribution in [2.45, 2.75) is 18.6 Å². The van der Waals surface area contributed by atoms with Crippen molar-refractivity contribution in [2.24, 2.45) is 0 Å². The zero-order valence-electron chi connectivity index (χ0n) is 13.5. The molecule has 1 fully saturated rings. The van der Waals surface area contributed by atoms with Crippen LogP contribution in [-0.4, -0.2) is 50.7 Å². The lowest BCUT2D eigenvalue weighted by Gasteiger charge is -2.23. The fourth-order valence-electron chi connectivity index (χ4n) is 3.30. The summed E-state index contributed by atoms with van der Waals surface area (Å²) in [6.07, 6.45) is 3.47. The van der Waals surface area contributed by atoms with Crippen LogP contribution in [0.4, 0.5) is 4.39 Å². The summed E-state index contributed by atoms with van der Waals surface area (Å²) < 4.78 is 19.4. The van der Waals surface area contributed by atoms with Gasteiger partial charge < -0.3 is 9.64 Å². The first kappa shape index (κ1) is 15.6. The van der Waals surface area contributed by atoms with Crippen LogP contribution in [-0.2, 0) is 4.74 Å². The topological polar surface area (TPSA) is 84.0 Å². The summed E-state index contributed by atoms with van der Waals surface area (Å²) in [5.41, 5.74) is 0.711. The third-order valence-corrected chi connectivity index (χ3v) is 4.51. The van der Waals surface area contributed by atoms with Gasteiger partial charge in [-0.1, -0.05) is 6.07 Å². The Morgan fingerprint density at radius 2 is 2.28 bits per heavy atom. The summed E-state index contributed by atoms with van der Waals surface area (Å²) in [6, 6.07) is 5.74. The number of hydrogen-bond donors (Lipinski definition) is 1. The van der Waals surface area contributed by atoms with Crippen molar-refractivity contribution in [3.8, 4) is 0 Å². The van der Waals surface area contributed by atoms with E-state index >= 15 is 0 Å². The number of likely N-dealkylation sites (tertiary alicyclic amines) is 1. The zero-order valence-corrected chi connectivity index (χ0v) is 13.5. The summed E-state index contributed by atoms with van der Waals surface area (Å²) >= 11 is 0. The first-order chi connectivity index (χ1) is 12.2. The van der Waals surface area contributed by atoms with Crippen molar-refractivity contribution in [1.29, 1.82) is 0 Å². The van der Waals surface area contributed by atoms with Crippen LogP contribution in [0.1, 0.15) is 28.6 Å². The van der Waals surface area contributed by atoms with Gasteiger partial charge in [0.05, 0.1) is 23.2 Å². The number of rotatable bonds is 3. The van der Waals surface area contributed by atoms with Gasteiger partial charge in [-0.3, -0.25) is 14.9 Å². The van der Waals surface area contributed by atoms with Gasteiger partial charge in [0.25, 0.3) is 5.91 Å². The number of halogens is 1. The minimum atomic E-state index is -0.470. The monoisotopic (exact) mass is 341 g/mol. The number of nitrogens with one attached hydrogen (secondary N) is 1. The highest BCUT2D eigenvalue weighted by Gasteiger charge is 2.39. The number of carbonyl (C=O) groups excluding carboxylic acids is 1. The van der Waals surface area contributed by atoms with Crippen LogP contribution in [0.15, 0.2) is 36.8 Å². The maximum Gasteiger partial charge on any atom is 0.256 e. The number of aromatic amines is 1. The Kier molecular flexibility index (Phi) is 3.89. The molecule has 1 saturated heterocycles. The molecule has 1 aliphatic rings. The molecule has 128 valence electrons. The minimum Gasteiger partial charge on any atom is -0.380 e. The van der Waals surface area contributed by atoms with Gasteiger partial charge in [0, 0.05) is 31.7 Å². The van der Waals surface area contributed by atoms with Gasteiger partial charge in [0.2, 0.25) is 0 Å². The number of hydrogen-bond acceptors (Lipinski definition) is 5. The number of ether oxygens (including phenoxy) is 1. The molecule has 1 amide bonds. The highest BCUT2D eigenvalue weighted by Crippen LogP contribution is 2.33. The van der Waals surface area contributed by atoms with E-state index in [1.54, 1.807) is 30.3 Å². The molecule has 3 aromatic rings. The minimum absolute atomic E-state index is 0.119. The Balaban J connectivity index is 1.77. The molecule has 2 atom stereocenters. The van der Waals surface area contributed by atoms with Gasteiger partial charge in [-0.2, -0.15) is 5.10 Å². The van der Waals surface area contributed by atoms with Crippen molar-refractivity contribution in [3.63, 3.8) is 0 Å². The molecule has 0 unspecified atom stereocenters. The van der Waals surface area contributed by atoms with Gasteiger partial charge in [0.15, 0.2) is 0 Å². The van der Waals surface area contributed by atoms with E-state index in [-0.39, 0.29) is 23.6 Å². The molecule has 8 heteroatoms. The Morgan fingerprint density at radius 1 is 1.40 bits per heavy atom. The fraction of sp³-hybridized carbons (Fsp3) is 0.294. The lowest BCUT2D eigenvalue weighted by atomic mass is 10.1. The van der Waals surface area contributed by atoms with Gasteiger partial charge in [-0.05, 0) is 18.2 Å². The standard InChI is InChI=1S/C17H16FN5O2/c1-25-12-7-14(16-20-9-21-22-16)23(8-12)17(24)13-6-11(18)5-10-3-2-4-19-15(10)13/h2-6,9,12,14H,7-8H2,1H3,(H,20,21,22)/t12-,14+/m1/s1. The third-order valence-electron chi connectivity index (χ3n) is 4.51. The average molecular weight is 341 g/mol. The fourth-order valence-corrected chi connectivity index (χ4v) is 3.30. The van der Waals surface area contributed by atoms with Gasteiger partial charge in [-0.25, -0.2) is 9.37 Å². The molecule has 0 aliphatic carbocycles. The average Bonchev–Trinajstić information content (AvgIpc) is 3.29. The van der Waals surface area contributed by atoms with Crippen LogP contribution >= 0.6 is 0 Å². The van der Waals surface area contributed by atoms with Gasteiger partial charge in [-0.15, -0.1) is 0 Å². The maximum atomic E-state index is 14.0. The van der Waals surface area contributed by atoms with Crippen LogP contribution < -0.4 is 0 Å². The van der Waals surface area contributed by atoms with Crippen molar-refractivity contribution in [1.82, 2.24) is 25.1 Å². The molecule has 2 aromatic heterocycles. The first-order valence-corrected chi connectivity index (χ1v) is 7.90. The Labute approximate surface area is 142 Å². The predicted octanol–water partition coefficient (Wildman–Crippen LogP) is 2.09. The van der Waals surface area contributed by atoms with Crippen LogP contribution in [0, 0.1) is 5.82 Å². The van der Waals surface area contributed by atoms with Gasteiger partial charge >= 0.3 is 0 Å². The van der Waals surface area contributed by atoms with Crippen LogP contribution in [0.5, 0.6) is 0 Å². The lowest BCUT2D eigenvalue weighted by Crippen LogP contribution is -2.32. The first-order valence-electron chi connectivity index (χ1n) is 7.90. The molecule has 0 bridgehead atoms. The van der Waals surface area contributed by atoms with Crippen molar-refractivity contribution >= 4 is 16.8 Å². The number of pyridine rings is 1. The molecule has 1 aliphatic heterocycles. The number of H-pyrrole nitrogens is 1. The number of carbonyl (C=O) groups is 1. The van der Waals surface area contributed by atoms with E-state index in [4.69, 9.17) is 4.74 Å². The van der Waals surface area contributed by atoms with Crippen molar-refractivity contribution < 1.29 is 13.9 Å². The molecular formula is C17H16FN5O2. The van der Waals surface area contributed by atoms with Crippen molar-refractivity contribution in [2.75, 3.05) is 13.7 Å². The summed E-state index contributed by atoms with van der Waals surface area (Å²) in [5.74, 6) is -0.187. The largest absolute Gasteiger partial charge is 0.380 e. The summed E-state index contributed by atoms with van der Waals surface area (Å²) in [7, 11) is 1.61. The van der Waals surface area contributed by atoms with E-state index in [0.29, 0.717) is 29.7 Å². The normalized spacial score (nSPS) is 20.3. The molecule has 3 heterocycles. The molecule has 4 rings (SSSR count). The molecule has 0 spiro atoms. The highest BCUT2D eigenvalue weighted by atomic mass is 19.1. The molecular weight excluding hydrogens is 325 g/mol. The van der Waals surface area contributed by atoms with Crippen molar-refractivity contribution in [3.05, 3.63) is 54.0 Å². The number of methoxy groups -OCH3 is 1. The van der Waals surface area contributed by atoms with E-state index in [1.165, 1.54) is 18.5 Å². The molecule has 7 nitrogen and oxygen atoms in total. The molecule has 0 saturated carbocycles. The molecule has 25 heavy (non-hydrogen) atoms. The summed E-state index contributed by atoms with van der Waals surface area (Å²) in [6.45, 7) is 0.394. The Hall–Kier alpha value is -2.87.